The number of rotatable bonds is 31. The minimum absolute atomic E-state index is 0.0269. The molecular formula is C94H102N26O12. The molecule has 8 aliphatic rings. The Morgan fingerprint density at radius 3 is 0.909 bits per heavy atom. The number of ether oxygens (including phenoxy) is 4. The average molecular weight is 1790 g/mol. The lowest BCUT2D eigenvalue weighted by Gasteiger charge is -2.30. The smallest absolute Gasteiger partial charge is 0.326 e. The van der Waals surface area contributed by atoms with Gasteiger partial charge in [-0.1, -0.05) is 24.3 Å². The van der Waals surface area contributed by atoms with Crippen molar-refractivity contribution in [3.05, 3.63) is 169 Å². The molecule has 7 N–H and O–H groups in total. The summed E-state index contributed by atoms with van der Waals surface area (Å²) in [6.45, 7) is 6.64. The van der Waals surface area contributed by atoms with Gasteiger partial charge in [-0.15, -0.1) is 0 Å². The summed E-state index contributed by atoms with van der Waals surface area (Å²) in [6, 6.07) is 29.2. The maximum Gasteiger partial charge on any atom is 0.326 e. The molecule has 12 aromatic rings. The van der Waals surface area contributed by atoms with E-state index in [9.17, 15) is 38.4 Å². The van der Waals surface area contributed by atoms with Gasteiger partial charge in [0, 0.05) is 145 Å². The molecule has 20 rings (SSSR count). The molecule has 6 amide bonds. The number of amides is 6. The molecule has 132 heavy (non-hydrogen) atoms. The van der Waals surface area contributed by atoms with Crippen LogP contribution in [-0.4, -0.2) is 196 Å². The number of pyridine rings is 4. The van der Waals surface area contributed by atoms with Crippen LogP contribution in [0.3, 0.4) is 0 Å². The number of benzene rings is 4. The molecule has 2 saturated heterocycles. The van der Waals surface area contributed by atoms with Crippen LogP contribution in [0.25, 0.3) is 45.6 Å². The third kappa shape index (κ3) is 20.3. The van der Waals surface area contributed by atoms with Crippen molar-refractivity contribution in [2.75, 3.05) is 96.7 Å². The first kappa shape index (κ1) is 88.6. The molecule has 0 unspecified atom stereocenters. The number of nitrogens with one attached hydrogen (secondary N) is 7. The number of methoxy groups -OCH3 is 4. The summed E-state index contributed by atoms with van der Waals surface area (Å²) < 4.78 is 29.3. The zero-order chi connectivity index (χ0) is 92.1. The fourth-order valence-corrected chi connectivity index (χ4v) is 15.3. The van der Waals surface area contributed by atoms with Crippen LogP contribution in [0.15, 0.2) is 147 Å². The Bertz CT molecular complexity index is 6220. The maximum atomic E-state index is 13.1. The van der Waals surface area contributed by atoms with Crippen molar-refractivity contribution < 1.29 is 57.3 Å². The highest BCUT2D eigenvalue weighted by Gasteiger charge is 2.40. The Morgan fingerprint density at radius 2 is 0.652 bits per heavy atom. The summed E-state index contributed by atoms with van der Waals surface area (Å²) in [5.41, 5.74) is 9.83. The predicted octanol–water partition coefficient (Wildman–Crippen LogP) is 14.5. The number of nitrogens with zero attached hydrogens (tertiary/aromatic N) is 19. The van der Waals surface area contributed by atoms with Crippen LogP contribution in [-0.2, 0) is 37.8 Å². The largest absolute Gasteiger partial charge is 0.494 e. The zero-order valence-electron chi connectivity index (χ0n) is 74.8. The van der Waals surface area contributed by atoms with Gasteiger partial charge >= 0.3 is 12.1 Å². The van der Waals surface area contributed by atoms with Crippen molar-refractivity contribution >= 4 is 116 Å². The second-order valence-electron chi connectivity index (χ2n) is 34.0. The minimum atomic E-state index is -0.193. The van der Waals surface area contributed by atoms with Crippen molar-refractivity contribution in [3.63, 3.8) is 0 Å². The number of carbonyl (C=O) groups is 8. The fraction of sp³-hybridized carbons (Fsp3) is 0.362. The molecule has 38 nitrogen and oxygen atoms in total. The molecule has 6 saturated carbocycles. The lowest BCUT2D eigenvalue weighted by Crippen LogP contribution is -2.44. The normalized spacial score (nSPS) is 15.4. The third-order valence-electron chi connectivity index (χ3n) is 23.5. The highest BCUT2D eigenvalue weighted by atomic mass is 16.5. The Hall–Kier alpha value is -15.4. The van der Waals surface area contributed by atoms with Gasteiger partial charge in [-0.05, 0) is 146 Å². The van der Waals surface area contributed by atoms with Gasteiger partial charge in [0.1, 0.15) is 48.6 Å². The van der Waals surface area contributed by atoms with Crippen molar-refractivity contribution in [2.24, 2.45) is 63.7 Å². The number of ketones is 4. The van der Waals surface area contributed by atoms with Crippen molar-refractivity contribution in [3.8, 4) is 68.5 Å². The van der Waals surface area contributed by atoms with Gasteiger partial charge in [-0.2, -0.15) is 20.4 Å². The molecule has 2 aliphatic heterocycles. The molecule has 680 valence electrons. The number of aryl methyl sites for hydroxylation is 4. The highest BCUT2D eigenvalue weighted by molar-refractivity contribution is 6.09. The second-order valence-corrected chi connectivity index (χ2v) is 34.0. The molecule has 4 aromatic carbocycles. The van der Waals surface area contributed by atoms with Gasteiger partial charge in [0.2, 0.25) is 11.8 Å². The van der Waals surface area contributed by atoms with Crippen LogP contribution in [0, 0.1) is 35.5 Å². The van der Waals surface area contributed by atoms with Gasteiger partial charge in [-0.25, -0.2) is 49.5 Å². The number of likely N-dealkylation sites (tertiary alicyclic amines) is 1. The molecule has 0 spiro atoms. The molecule has 0 atom stereocenters. The van der Waals surface area contributed by atoms with Gasteiger partial charge in [0.15, 0.2) is 69.4 Å². The number of anilines is 12. The molecular weight excluding hydrogens is 1690 g/mol. The molecule has 0 radical (unpaired) electrons. The van der Waals surface area contributed by atoms with Gasteiger partial charge in [0.25, 0.3) is 0 Å². The average Bonchev–Trinajstić information content (AvgIpc) is 1.68. The number of aromatic nitrogens is 16. The summed E-state index contributed by atoms with van der Waals surface area (Å²) in [7, 11) is 13.5. The molecule has 6 aliphatic carbocycles. The predicted molar refractivity (Wildman–Crippen MR) is 493 cm³/mol. The monoisotopic (exact) mass is 1790 g/mol. The number of hydrogen-bond donors (Lipinski definition) is 7. The van der Waals surface area contributed by atoms with Crippen LogP contribution in [0.2, 0.25) is 0 Å². The Kier molecular flexibility index (Phi) is 25.8. The quantitative estimate of drug-likeness (QED) is 0.0198. The van der Waals surface area contributed by atoms with E-state index in [1.807, 2.05) is 91.5 Å². The van der Waals surface area contributed by atoms with Gasteiger partial charge in [-0.3, -0.25) is 57.7 Å². The van der Waals surface area contributed by atoms with Crippen LogP contribution in [0.5, 0.6) is 23.0 Å². The summed E-state index contributed by atoms with van der Waals surface area (Å²) in [6.07, 6.45) is 24.4. The Balaban J connectivity index is 0.000000123. The lowest BCUT2D eigenvalue weighted by atomic mass is 10.1. The SMILES string of the molecule is COc1c(Nc2cc(N3CCN(C(C)C)C3=O)ncc2C(=O)C2CC2)cccc1-c1ncn(C)n1.COc1c(Nc2cc(NC(=O)C3CC3)ncc2C(=O)C2CC2)cccc1-c1ncn(C)n1.COc1c(Nc2cc(NC(=O)C3CC3)ncc2C(=O)C2CC2)cccc1-c1ncn(C)n1.COc1c(Nc2cc(NC(=O)N3CCC3)ncc2C(=O)C2CC2)cccc1-c1ncn(C)n1. The molecule has 8 fully saturated rings. The molecule has 0 bridgehead atoms. The molecule has 38 heteroatoms. The van der Waals surface area contributed by atoms with E-state index in [1.54, 1.807) is 153 Å². The van der Waals surface area contributed by atoms with E-state index in [-0.39, 0.29) is 88.6 Å². The number of para-hydroxylation sites is 4. The van der Waals surface area contributed by atoms with E-state index in [0.29, 0.717) is 150 Å². The third-order valence-corrected chi connectivity index (χ3v) is 23.5. The summed E-state index contributed by atoms with van der Waals surface area (Å²) in [5, 5.41) is 39.4. The van der Waals surface area contributed by atoms with Gasteiger partial charge < -0.3 is 60.6 Å². The highest BCUT2D eigenvalue weighted by Crippen LogP contribution is 2.47. The van der Waals surface area contributed by atoms with Crippen LogP contribution in [0.4, 0.5) is 78.4 Å². The number of carbonyl (C=O) groups excluding carboxylic acids is 8. The van der Waals surface area contributed by atoms with E-state index in [1.165, 1.54) is 6.20 Å². The Morgan fingerprint density at radius 1 is 0.356 bits per heavy atom. The maximum absolute atomic E-state index is 13.1. The number of urea groups is 2. The minimum Gasteiger partial charge on any atom is -0.494 e. The van der Waals surface area contributed by atoms with Crippen molar-refractivity contribution in [1.29, 1.82) is 0 Å². The molecule has 8 aromatic heterocycles. The standard InChI is InChI=1S/C25H29N7O3.C23H25N7O3.2C23H24N6O3/c1-15(2)31-10-11-32(25(31)34)21-12-20(18(13-26-21)22(33)16-8-9-16)28-19-7-5-6-17(23(19)35-4)24-27-14-30(3)29-24;1-29-13-25-22(28-29)15-5-3-6-17(21(15)33-2)26-18-11-19(27-23(32)30-9-4-10-30)24-12-16(18)20(31)14-7-8-14;2*1-29-12-25-22(28-29)15-4-3-5-17(21(15)32-2)26-18-10-19(27-23(31)14-8-9-14)24-11-16(18)20(30)13-6-7-13/h5-7,12-16H,8-11H2,1-4H3,(H,26,28);3,5-6,11-14H,4,7-10H2,1-2H3,(H2,24,26,27,32);2*3-5,10-14H,6-9H2,1-2H3,(H2,24,26,27,31). The summed E-state index contributed by atoms with van der Waals surface area (Å²) in [4.78, 5) is 142. The fourth-order valence-electron chi connectivity index (χ4n) is 15.3. The van der Waals surface area contributed by atoms with E-state index >= 15 is 0 Å². The number of Topliss-reactive ketones (excluding diaryl/α,β-unsaturated/α-hetero) is 4. The Labute approximate surface area is 759 Å². The second kappa shape index (κ2) is 38.5. The van der Waals surface area contributed by atoms with Crippen LogP contribution >= 0.6 is 0 Å². The van der Waals surface area contributed by atoms with E-state index in [0.717, 1.165) is 119 Å². The van der Waals surface area contributed by atoms with Crippen molar-refractivity contribution in [2.45, 2.75) is 103 Å². The summed E-state index contributed by atoms with van der Waals surface area (Å²) in [5.74, 6) is 6.48. The number of hydrogen-bond acceptors (Lipinski definition) is 28. The van der Waals surface area contributed by atoms with Crippen LogP contribution in [0.1, 0.15) is 139 Å². The van der Waals surface area contributed by atoms with Crippen LogP contribution < -0.4 is 61.1 Å². The first-order chi connectivity index (χ1) is 64.0. The van der Waals surface area contributed by atoms with E-state index in [4.69, 9.17) is 18.9 Å². The summed E-state index contributed by atoms with van der Waals surface area (Å²) >= 11 is 0. The zero-order valence-corrected chi connectivity index (χ0v) is 74.8. The lowest BCUT2D eigenvalue weighted by molar-refractivity contribution is -0.118. The first-order valence-corrected chi connectivity index (χ1v) is 44.1. The van der Waals surface area contributed by atoms with Crippen molar-refractivity contribution in [1.82, 2.24) is 88.8 Å². The van der Waals surface area contributed by atoms with E-state index in [2.05, 4.69) is 97.5 Å². The first-order valence-electron chi connectivity index (χ1n) is 44.1. The van der Waals surface area contributed by atoms with E-state index < -0.39 is 0 Å². The molecule has 10 heterocycles. The topological polar surface area (TPSA) is 442 Å². The van der Waals surface area contributed by atoms with Gasteiger partial charge in [0.05, 0.1) is 118 Å².